The van der Waals surface area contributed by atoms with Gasteiger partial charge in [-0.1, -0.05) is 36.4 Å². The highest BCUT2D eigenvalue weighted by Gasteiger charge is 2.35. The molecule has 0 spiro atoms. The summed E-state index contributed by atoms with van der Waals surface area (Å²) in [4.78, 5) is 13.8. The van der Waals surface area contributed by atoms with Gasteiger partial charge in [-0.25, -0.2) is 13.4 Å². The lowest BCUT2D eigenvalue weighted by molar-refractivity contribution is 0.0714. The first-order chi connectivity index (χ1) is 14.9. The number of anilines is 1. The number of thiophene rings is 1. The van der Waals surface area contributed by atoms with Gasteiger partial charge in [-0.15, -0.1) is 11.3 Å². The number of hydrazone groups is 1. The first-order valence-corrected chi connectivity index (χ1v) is 12.3. The van der Waals surface area contributed by atoms with Crippen LogP contribution in [0.4, 0.5) is 5.69 Å². The van der Waals surface area contributed by atoms with Crippen molar-refractivity contribution >= 4 is 38.7 Å². The number of carbonyl (C=O) groups is 1. The second kappa shape index (κ2) is 8.52. The molecule has 3 aromatic rings. The van der Waals surface area contributed by atoms with Gasteiger partial charge in [0.1, 0.15) is 5.75 Å². The number of hydrogen-bond acceptors (Lipinski definition) is 6. The minimum atomic E-state index is -3.40. The Morgan fingerprint density at radius 3 is 2.68 bits per heavy atom. The molecule has 0 saturated carbocycles. The molecule has 1 amide bonds. The van der Waals surface area contributed by atoms with Crippen LogP contribution in [0.15, 0.2) is 71.1 Å². The number of rotatable bonds is 6. The van der Waals surface area contributed by atoms with Gasteiger partial charge < -0.3 is 4.74 Å². The third kappa shape index (κ3) is 4.62. The summed E-state index contributed by atoms with van der Waals surface area (Å²) in [5.41, 5.74) is 2.74. The maximum atomic E-state index is 13.2. The molecule has 31 heavy (non-hydrogen) atoms. The van der Waals surface area contributed by atoms with Crippen molar-refractivity contribution in [3.63, 3.8) is 0 Å². The largest absolute Gasteiger partial charge is 0.496 e. The van der Waals surface area contributed by atoms with Crippen LogP contribution in [0.25, 0.3) is 0 Å². The fourth-order valence-corrected chi connectivity index (χ4v) is 4.76. The summed E-state index contributed by atoms with van der Waals surface area (Å²) in [6.45, 7) is 0. The Bertz CT molecular complexity index is 1240. The normalized spacial score (nSPS) is 16.1. The summed E-state index contributed by atoms with van der Waals surface area (Å²) < 4.78 is 31.2. The van der Waals surface area contributed by atoms with E-state index in [4.69, 9.17) is 4.74 Å². The molecule has 0 bridgehead atoms. The van der Waals surface area contributed by atoms with E-state index in [1.807, 2.05) is 41.8 Å². The van der Waals surface area contributed by atoms with Crippen LogP contribution >= 0.6 is 11.3 Å². The van der Waals surface area contributed by atoms with Crippen molar-refractivity contribution in [2.24, 2.45) is 5.10 Å². The molecule has 0 radical (unpaired) electrons. The molecule has 0 aliphatic carbocycles. The number of sulfonamides is 1. The standard InChI is InChI=1S/C22H21N3O4S2/c1-29-20-10-4-3-9-17(20)19-14-18(23-25(19)22(26)21-11-6-12-30-21)15-7-5-8-16(13-15)24-31(2,27)28/h3-13,19,24H,14H2,1-2H3/t19-/m0/s1. The SMILES string of the molecule is COc1ccccc1[C@@H]1CC(c2cccc(NS(C)(=O)=O)c2)=NN1C(=O)c1cccs1. The molecule has 0 saturated heterocycles. The predicted octanol–water partition coefficient (Wildman–Crippen LogP) is 4.12. The van der Waals surface area contributed by atoms with Crippen molar-refractivity contribution in [2.75, 3.05) is 18.1 Å². The number of methoxy groups -OCH3 is 1. The quantitative estimate of drug-likeness (QED) is 0.606. The zero-order chi connectivity index (χ0) is 22.0. The van der Waals surface area contributed by atoms with Gasteiger partial charge in [0.25, 0.3) is 5.91 Å². The molecule has 1 aliphatic heterocycles. The maximum absolute atomic E-state index is 13.2. The summed E-state index contributed by atoms with van der Waals surface area (Å²) in [6, 6.07) is 17.8. The van der Waals surface area contributed by atoms with Crippen molar-refractivity contribution in [1.82, 2.24) is 5.01 Å². The van der Waals surface area contributed by atoms with Gasteiger partial charge in [0.2, 0.25) is 10.0 Å². The average molecular weight is 456 g/mol. The van der Waals surface area contributed by atoms with Gasteiger partial charge in [-0.2, -0.15) is 5.10 Å². The minimum Gasteiger partial charge on any atom is -0.496 e. The van der Waals surface area contributed by atoms with Crippen LogP contribution in [0.5, 0.6) is 5.75 Å². The van der Waals surface area contributed by atoms with Gasteiger partial charge in [-0.05, 0) is 35.2 Å². The van der Waals surface area contributed by atoms with Crippen molar-refractivity contribution in [2.45, 2.75) is 12.5 Å². The van der Waals surface area contributed by atoms with Crippen LogP contribution in [-0.2, 0) is 10.0 Å². The smallest absolute Gasteiger partial charge is 0.284 e. The van der Waals surface area contributed by atoms with Crippen LogP contribution in [0.3, 0.4) is 0 Å². The van der Waals surface area contributed by atoms with Crippen LogP contribution in [0, 0.1) is 0 Å². The van der Waals surface area contributed by atoms with E-state index in [0.29, 0.717) is 28.4 Å². The van der Waals surface area contributed by atoms with E-state index in [1.54, 1.807) is 31.4 Å². The lowest BCUT2D eigenvalue weighted by Crippen LogP contribution is -2.26. The summed E-state index contributed by atoms with van der Waals surface area (Å²) in [6.07, 6.45) is 1.58. The lowest BCUT2D eigenvalue weighted by Gasteiger charge is -2.23. The first-order valence-electron chi connectivity index (χ1n) is 9.51. The van der Waals surface area contributed by atoms with Crippen LogP contribution in [-0.4, -0.2) is 38.4 Å². The van der Waals surface area contributed by atoms with E-state index in [2.05, 4.69) is 9.82 Å². The zero-order valence-corrected chi connectivity index (χ0v) is 18.6. The van der Waals surface area contributed by atoms with Gasteiger partial charge in [0.05, 0.1) is 30.0 Å². The molecule has 9 heteroatoms. The number of ether oxygens (including phenoxy) is 1. The Labute approximate surface area is 185 Å². The molecule has 7 nitrogen and oxygen atoms in total. The number of para-hydroxylation sites is 1. The summed E-state index contributed by atoms with van der Waals surface area (Å²) >= 11 is 1.36. The molecule has 1 N–H and O–H groups in total. The Hall–Kier alpha value is -3.17. The van der Waals surface area contributed by atoms with E-state index in [0.717, 1.165) is 17.4 Å². The zero-order valence-electron chi connectivity index (χ0n) is 17.0. The highest BCUT2D eigenvalue weighted by molar-refractivity contribution is 7.92. The molecule has 2 heterocycles. The van der Waals surface area contributed by atoms with E-state index in [-0.39, 0.29) is 11.9 Å². The number of benzene rings is 2. The second-order valence-electron chi connectivity index (χ2n) is 7.09. The Kier molecular flexibility index (Phi) is 5.79. The second-order valence-corrected chi connectivity index (χ2v) is 9.79. The fourth-order valence-electron chi connectivity index (χ4n) is 3.55. The summed E-state index contributed by atoms with van der Waals surface area (Å²) in [7, 11) is -1.81. The molecule has 1 aromatic heterocycles. The van der Waals surface area contributed by atoms with Crippen molar-refractivity contribution in [3.05, 3.63) is 82.0 Å². The molecular weight excluding hydrogens is 434 g/mol. The number of amides is 1. The number of nitrogens with zero attached hydrogens (tertiary/aromatic N) is 2. The molecule has 1 aliphatic rings. The molecule has 2 aromatic carbocycles. The van der Waals surface area contributed by atoms with Crippen molar-refractivity contribution in [1.29, 1.82) is 0 Å². The average Bonchev–Trinajstić information content (AvgIpc) is 3.42. The number of hydrogen-bond donors (Lipinski definition) is 1. The van der Waals surface area contributed by atoms with E-state index >= 15 is 0 Å². The molecule has 4 rings (SSSR count). The van der Waals surface area contributed by atoms with E-state index < -0.39 is 10.0 Å². The summed E-state index contributed by atoms with van der Waals surface area (Å²) in [5, 5.41) is 8.01. The molecule has 160 valence electrons. The Morgan fingerprint density at radius 1 is 1.16 bits per heavy atom. The van der Waals surface area contributed by atoms with Gasteiger partial charge in [-0.3, -0.25) is 9.52 Å². The molecule has 1 atom stereocenters. The molecule has 0 unspecified atom stereocenters. The summed E-state index contributed by atoms with van der Waals surface area (Å²) in [5.74, 6) is 0.492. The van der Waals surface area contributed by atoms with Crippen LogP contribution in [0.1, 0.15) is 33.3 Å². The minimum absolute atomic E-state index is 0.189. The van der Waals surface area contributed by atoms with E-state index in [9.17, 15) is 13.2 Å². The van der Waals surface area contributed by atoms with Gasteiger partial charge in [0.15, 0.2) is 0 Å². The van der Waals surface area contributed by atoms with Gasteiger partial charge in [0, 0.05) is 17.7 Å². The highest BCUT2D eigenvalue weighted by atomic mass is 32.2. The van der Waals surface area contributed by atoms with Crippen molar-refractivity contribution < 1.29 is 17.9 Å². The van der Waals surface area contributed by atoms with Crippen molar-refractivity contribution in [3.8, 4) is 5.75 Å². The van der Waals surface area contributed by atoms with Crippen LogP contribution in [0.2, 0.25) is 0 Å². The Balaban J connectivity index is 1.74. The fraction of sp³-hybridized carbons (Fsp3) is 0.182. The van der Waals surface area contributed by atoms with E-state index in [1.165, 1.54) is 16.3 Å². The number of carbonyl (C=O) groups excluding carboxylic acids is 1. The number of nitrogens with one attached hydrogen (secondary N) is 1. The molecular formula is C22H21N3O4S2. The van der Waals surface area contributed by atoms with Gasteiger partial charge >= 0.3 is 0 Å². The lowest BCUT2D eigenvalue weighted by atomic mass is 9.97. The topological polar surface area (TPSA) is 88.1 Å². The third-order valence-electron chi connectivity index (χ3n) is 4.85. The third-order valence-corrected chi connectivity index (χ3v) is 6.31. The predicted molar refractivity (Wildman–Crippen MR) is 122 cm³/mol. The maximum Gasteiger partial charge on any atom is 0.284 e. The molecule has 0 fully saturated rings. The van der Waals surface area contributed by atoms with Crippen LogP contribution < -0.4 is 9.46 Å². The Morgan fingerprint density at radius 2 is 1.97 bits per heavy atom. The highest BCUT2D eigenvalue weighted by Crippen LogP contribution is 2.38. The monoisotopic (exact) mass is 455 g/mol. The first kappa shape index (κ1) is 21.1.